The summed E-state index contributed by atoms with van der Waals surface area (Å²) < 4.78 is 0. The summed E-state index contributed by atoms with van der Waals surface area (Å²) in [4.78, 5) is 12.4. The summed E-state index contributed by atoms with van der Waals surface area (Å²) in [6.45, 7) is 0.483. The highest BCUT2D eigenvalue weighted by molar-refractivity contribution is 6.30. The highest BCUT2D eigenvalue weighted by atomic mass is 35.5. The first-order valence-electron chi connectivity index (χ1n) is 7.99. The fourth-order valence-corrected chi connectivity index (χ4v) is 3.30. The zero-order valence-electron chi connectivity index (χ0n) is 13.4. The van der Waals surface area contributed by atoms with Crippen molar-refractivity contribution < 1.29 is 4.79 Å². The lowest BCUT2D eigenvalue weighted by Crippen LogP contribution is -2.51. The molecule has 0 aromatic heterocycles. The van der Waals surface area contributed by atoms with Crippen LogP contribution in [0.2, 0.25) is 5.02 Å². The summed E-state index contributed by atoms with van der Waals surface area (Å²) in [6.07, 6.45) is 3.62. The van der Waals surface area contributed by atoms with Crippen LogP contribution in [0.4, 0.5) is 0 Å². The molecule has 2 aromatic rings. The van der Waals surface area contributed by atoms with E-state index in [2.05, 4.69) is 11.4 Å². The van der Waals surface area contributed by atoms with Crippen LogP contribution in [0.5, 0.6) is 0 Å². The normalized spacial score (nSPS) is 15.6. The second-order valence-electron chi connectivity index (χ2n) is 6.21. The van der Waals surface area contributed by atoms with E-state index in [0.29, 0.717) is 11.6 Å². The van der Waals surface area contributed by atoms with Gasteiger partial charge in [-0.25, -0.2) is 0 Å². The maximum Gasteiger partial charge on any atom is 0.240 e. The number of carbonyl (C=O) groups is 1. The van der Waals surface area contributed by atoms with Crippen molar-refractivity contribution in [3.8, 4) is 11.1 Å². The molecule has 1 fully saturated rings. The first-order valence-corrected chi connectivity index (χ1v) is 8.37. The molecule has 1 amide bonds. The van der Waals surface area contributed by atoms with Crippen molar-refractivity contribution in [2.75, 3.05) is 0 Å². The van der Waals surface area contributed by atoms with Gasteiger partial charge < -0.3 is 11.1 Å². The largest absolute Gasteiger partial charge is 0.350 e. The summed E-state index contributed by atoms with van der Waals surface area (Å²) in [5.74, 6) is -0.0408. The maximum atomic E-state index is 12.4. The van der Waals surface area contributed by atoms with Crippen molar-refractivity contribution >= 4 is 29.9 Å². The van der Waals surface area contributed by atoms with Gasteiger partial charge in [0.15, 0.2) is 0 Å². The first kappa shape index (κ1) is 18.8. The molecule has 0 heterocycles. The van der Waals surface area contributed by atoms with Crippen LogP contribution in [-0.4, -0.2) is 11.4 Å². The third-order valence-electron chi connectivity index (χ3n) is 4.56. The average molecular weight is 365 g/mol. The Hall–Kier alpha value is -1.55. The van der Waals surface area contributed by atoms with E-state index in [1.165, 1.54) is 0 Å². The van der Waals surface area contributed by atoms with Crippen LogP contribution in [0.15, 0.2) is 48.5 Å². The minimum absolute atomic E-state index is 0. The molecule has 1 aliphatic rings. The van der Waals surface area contributed by atoms with Crippen molar-refractivity contribution in [1.29, 1.82) is 0 Å². The molecule has 0 aliphatic heterocycles. The van der Waals surface area contributed by atoms with E-state index in [-0.39, 0.29) is 18.3 Å². The molecule has 1 saturated carbocycles. The zero-order chi connectivity index (χ0) is 16.3. The van der Waals surface area contributed by atoms with Gasteiger partial charge in [-0.2, -0.15) is 0 Å². The number of hydrogen-bond donors (Lipinski definition) is 2. The Morgan fingerprint density at radius 2 is 1.71 bits per heavy atom. The van der Waals surface area contributed by atoms with E-state index in [9.17, 15) is 4.79 Å². The Morgan fingerprint density at radius 1 is 1.08 bits per heavy atom. The monoisotopic (exact) mass is 364 g/mol. The van der Waals surface area contributed by atoms with Crippen LogP contribution in [0.25, 0.3) is 11.1 Å². The molecule has 3 N–H and O–H groups in total. The fraction of sp³-hybridized carbons (Fsp3) is 0.316. The van der Waals surface area contributed by atoms with Crippen LogP contribution in [0.1, 0.15) is 31.2 Å². The van der Waals surface area contributed by atoms with Gasteiger partial charge in [-0.05, 0) is 41.7 Å². The predicted octanol–water partition coefficient (Wildman–Crippen LogP) is 4.32. The molecule has 3 nitrogen and oxygen atoms in total. The standard InChI is InChI=1S/C19H21ClN2O.ClH/c20-16-9-7-14(8-10-16)17-6-2-1-5-15(17)13-22-18(23)19(21)11-3-4-12-19;/h1-2,5-10H,3-4,11-13,21H2,(H,22,23);1H. The maximum absolute atomic E-state index is 12.4. The van der Waals surface area contributed by atoms with E-state index >= 15 is 0 Å². The second-order valence-corrected chi connectivity index (χ2v) is 6.65. The van der Waals surface area contributed by atoms with Crippen molar-refractivity contribution in [2.45, 2.75) is 37.8 Å². The highest BCUT2D eigenvalue weighted by Gasteiger charge is 2.36. The van der Waals surface area contributed by atoms with Crippen LogP contribution < -0.4 is 11.1 Å². The average Bonchev–Trinajstić information content (AvgIpc) is 3.02. The summed E-state index contributed by atoms with van der Waals surface area (Å²) in [5.41, 5.74) is 8.78. The van der Waals surface area contributed by atoms with Gasteiger partial charge in [0.05, 0.1) is 5.54 Å². The van der Waals surface area contributed by atoms with Gasteiger partial charge in [0.2, 0.25) is 5.91 Å². The Bertz CT molecular complexity index is 695. The van der Waals surface area contributed by atoms with E-state index < -0.39 is 5.54 Å². The smallest absolute Gasteiger partial charge is 0.240 e. The Kier molecular flexibility index (Phi) is 6.27. The molecule has 1 aliphatic carbocycles. The minimum atomic E-state index is -0.685. The van der Waals surface area contributed by atoms with Gasteiger partial charge in [0, 0.05) is 11.6 Å². The van der Waals surface area contributed by atoms with Crippen LogP contribution in [0.3, 0.4) is 0 Å². The van der Waals surface area contributed by atoms with Crippen molar-refractivity contribution in [1.82, 2.24) is 5.32 Å². The third kappa shape index (κ3) is 4.10. The molecule has 0 spiro atoms. The molecular weight excluding hydrogens is 343 g/mol. The number of nitrogens with two attached hydrogens (primary N) is 1. The van der Waals surface area contributed by atoms with E-state index in [1.54, 1.807) is 0 Å². The molecule has 0 atom stereocenters. The topological polar surface area (TPSA) is 55.1 Å². The van der Waals surface area contributed by atoms with Gasteiger partial charge >= 0.3 is 0 Å². The summed E-state index contributed by atoms with van der Waals surface area (Å²) in [6, 6.07) is 15.8. The van der Waals surface area contributed by atoms with Gasteiger partial charge in [-0.3, -0.25) is 4.79 Å². The summed E-state index contributed by atoms with van der Waals surface area (Å²) in [7, 11) is 0. The van der Waals surface area contributed by atoms with Gasteiger partial charge in [0.25, 0.3) is 0 Å². The van der Waals surface area contributed by atoms with Gasteiger partial charge in [0.1, 0.15) is 0 Å². The minimum Gasteiger partial charge on any atom is -0.350 e. The van der Waals surface area contributed by atoms with Crippen molar-refractivity contribution in [3.05, 3.63) is 59.1 Å². The number of benzene rings is 2. The Balaban J connectivity index is 0.00000208. The van der Waals surface area contributed by atoms with Crippen molar-refractivity contribution in [2.24, 2.45) is 5.73 Å². The Morgan fingerprint density at radius 3 is 2.38 bits per heavy atom. The van der Waals surface area contributed by atoms with Gasteiger partial charge in [-0.15, -0.1) is 12.4 Å². The molecule has 0 saturated heterocycles. The van der Waals surface area contributed by atoms with Crippen molar-refractivity contribution in [3.63, 3.8) is 0 Å². The van der Waals surface area contributed by atoms with E-state index in [0.717, 1.165) is 42.4 Å². The summed E-state index contributed by atoms with van der Waals surface area (Å²) >= 11 is 5.96. The van der Waals surface area contributed by atoms with Crippen LogP contribution in [-0.2, 0) is 11.3 Å². The molecule has 2 aromatic carbocycles. The van der Waals surface area contributed by atoms with E-state index in [4.69, 9.17) is 17.3 Å². The van der Waals surface area contributed by atoms with Crippen LogP contribution in [0, 0.1) is 0 Å². The number of amides is 1. The molecular formula is C19H22Cl2N2O. The van der Waals surface area contributed by atoms with E-state index in [1.807, 2.05) is 42.5 Å². The number of nitrogens with one attached hydrogen (secondary N) is 1. The number of halogens is 2. The number of carbonyl (C=O) groups excluding carboxylic acids is 1. The predicted molar refractivity (Wildman–Crippen MR) is 101 cm³/mol. The molecule has 0 radical (unpaired) electrons. The third-order valence-corrected chi connectivity index (χ3v) is 4.81. The lowest BCUT2D eigenvalue weighted by Gasteiger charge is -2.22. The molecule has 0 unspecified atom stereocenters. The summed E-state index contributed by atoms with van der Waals surface area (Å²) in [5, 5.41) is 3.73. The molecule has 24 heavy (non-hydrogen) atoms. The second kappa shape index (κ2) is 8.02. The lowest BCUT2D eigenvalue weighted by molar-refractivity contribution is -0.126. The van der Waals surface area contributed by atoms with Gasteiger partial charge in [-0.1, -0.05) is 60.8 Å². The first-order chi connectivity index (χ1) is 11.1. The molecule has 0 bridgehead atoms. The number of hydrogen-bond acceptors (Lipinski definition) is 2. The number of rotatable bonds is 4. The Labute approximate surface area is 154 Å². The van der Waals surface area contributed by atoms with Crippen LogP contribution >= 0.6 is 24.0 Å². The lowest BCUT2D eigenvalue weighted by atomic mass is 9.97. The zero-order valence-corrected chi connectivity index (χ0v) is 15.0. The quantitative estimate of drug-likeness (QED) is 0.848. The molecule has 5 heteroatoms. The highest BCUT2D eigenvalue weighted by Crippen LogP contribution is 2.28. The SMILES string of the molecule is Cl.NC1(C(=O)NCc2ccccc2-c2ccc(Cl)cc2)CCCC1. The fourth-order valence-electron chi connectivity index (χ4n) is 3.17. The molecule has 128 valence electrons. The molecule has 3 rings (SSSR count).